The molecule has 0 radical (unpaired) electrons. The summed E-state index contributed by atoms with van der Waals surface area (Å²) in [5, 5.41) is 9.10. The van der Waals surface area contributed by atoms with Crippen molar-refractivity contribution in [1.29, 1.82) is 0 Å². The predicted molar refractivity (Wildman–Crippen MR) is 51.4 cm³/mol. The number of aliphatic hydroxyl groups is 1. The molecule has 0 saturated carbocycles. The van der Waals surface area contributed by atoms with Crippen LogP contribution in [0.15, 0.2) is 0 Å². The summed E-state index contributed by atoms with van der Waals surface area (Å²) in [6, 6.07) is 0. The van der Waals surface area contributed by atoms with Crippen molar-refractivity contribution in [1.82, 2.24) is 4.90 Å². The van der Waals surface area contributed by atoms with E-state index in [1.807, 2.05) is 6.92 Å². The number of amides is 2. The van der Waals surface area contributed by atoms with Crippen LogP contribution in [-0.2, 0) is 9.59 Å². The van der Waals surface area contributed by atoms with Gasteiger partial charge in [-0.1, -0.05) is 6.92 Å². The van der Waals surface area contributed by atoms with Gasteiger partial charge in [-0.15, -0.1) is 0 Å². The van der Waals surface area contributed by atoms with E-state index in [-0.39, 0.29) is 24.3 Å². The lowest BCUT2D eigenvalue weighted by molar-refractivity contribution is -0.158. The minimum Gasteiger partial charge on any atom is -0.394 e. The SMILES string of the molecule is CC1CC(=O)N(C(C)(C)CO)C(=O)C1. The number of hydrogen-bond acceptors (Lipinski definition) is 3. The Morgan fingerprint density at radius 2 is 1.79 bits per heavy atom. The Kier molecular flexibility index (Phi) is 2.95. The van der Waals surface area contributed by atoms with E-state index >= 15 is 0 Å². The van der Waals surface area contributed by atoms with Crippen LogP contribution < -0.4 is 0 Å². The molecule has 0 aliphatic carbocycles. The first-order valence-electron chi connectivity index (χ1n) is 4.85. The lowest BCUT2D eigenvalue weighted by Gasteiger charge is -2.39. The minimum absolute atomic E-state index is 0.126. The summed E-state index contributed by atoms with van der Waals surface area (Å²) in [6.07, 6.45) is 0.796. The fourth-order valence-electron chi connectivity index (χ4n) is 1.74. The number of rotatable bonds is 2. The van der Waals surface area contributed by atoms with Crippen molar-refractivity contribution in [3.05, 3.63) is 0 Å². The fourth-order valence-corrected chi connectivity index (χ4v) is 1.74. The van der Waals surface area contributed by atoms with Crippen molar-refractivity contribution >= 4 is 11.8 Å². The molecule has 0 aromatic carbocycles. The predicted octanol–water partition coefficient (Wildman–Crippen LogP) is 0.542. The summed E-state index contributed by atoms with van der Waals surface area (Å²) in [7, 11) is 0. The van der Waals surface area contributed by atoms with Crippen molar-refractivity contribution in [2.24, 2.45) is 5.92 Å². The minimum atomic E-state index is -0.770. The molecular formula is C10H17NO3. The Bertz CT molecular complexity index is 242. The average molecular weight is 199 g/mol. The summed E-state index contributed by atoms with van der Waals surface area (Å²) in [6.45, 7) is 5.08. The molecule has 0 unspecified atom stereocenters. The number of imide groups is 1. The normalized spacial score (nSPS) is 20.4. The number of nitrogens with zero attached hydrogens (tertiary/aromatic N) is 1. The molecule has 1 fully saturated rings. The van der Waals surface area contributed by atoms with E-state index in [9.17, 15) is 9.59 Å². The van der Waals surface area contributed by atoms with Crippen LogP contribution >= 0.6 is 0 Å². The maximum absolute atomic E-state index is 11.6. The van der Waals surface area contributed by atoms with Gasteiger partial charge in [-0.05, 0) is 19.8 Å². The van der Waals surface area contributed by atoms with Crippen LogP contribution in [0.4, 0.5) is 0 Å². The van der Waals surface area contributed by atoms with Gasteiger partial charge in [0.2, 0.25) is 11.8 Å². The van der Waals surface area contributed by atoms with Gasteiger partial charge < -0.3 is 5.11 Å². The van der Waals surface area contributed by atoms with Gasteiger partial charge in [-0.3, -0.25) is 14.5 Å². The Morgan fingerprint density at radius 3 is 2.14 bits per heavy atom. The molecule has 0 bridgehead atoms. The van der Waals surface area contributed by atoms with Gasteiger partial charge in [0.15, 0.2) is 0 Å². The number of carbonyl (C=O) groups is 2. The highest BCUT2D eigenvalue weighted by Gasteiger charge is 2.39. The van der Waals surface area contributed by atoms with Gasteiger partial charge in [-0.2, -0.15) is 0 Å². The monoisotopic (exact) mass is 199 g/mol. The molecule has 0 aromatic heterocycles. The van der Waals surface area contributed by atoms with Crippen LogP contribution in [0.25, 0.3) is 0 Å². The Morgan fingerprint density at radius 1 is 1.36 bits per heavy atom. The molecule has 1 rings (SSSR count). The number of piperidine rings is 1. The number of aliphatic hydroxyl groups excluding tert-OH is 1. The molecular weight excluding hydrogens is 182 g/mol. The largest absolute Gasteiger partial charge is 0.394 e. The van der Waals surface area contributed by atoms with Crippen molar-refractivity contribution < 1.29 is 14.7 Å². The second-order valence-corrected chi connectivity index (χ2v) is 4.61. The number of hydrogen-bond donors (Lipinski definition) is 1. The molecule has 0 atom stereocenters. The third-order valence-electron chi connectivity index (χ3n) is 2.54. The summed E-state index contributed by atoms with van der Waals surface area (Å²) < 4.78 is 0. The fraction of sp³-hybridized carbons (Fsp3) is 0.800. The topological polar surface area (TPSA) is 57.6 Å². The molecule has 1 aliphatic rings. The zero-order valence-electron chi connectivity index (χ0n) is 8.91. The lowest BCUT2D eigenvalue weighted by atomic mass is 9.93. The highest BCUT2D eigenvalue weighted by atomic mass is 16.3. The van der Waals surface area contributed by atoms with Crippen LogP contribution in [0.5, 0.6) is 0 Å². The first kappa shape index (κ1) is 11.2. The molecule has 4 nitrogen and oxygen atoms in total. The second-order valence-electron chi connectivity index (χ2n) is 4.61. The molecule has 2 amide bonds. The molecule has 1 saturated heterocycles. The smallest absolute Gasteiger partial charge is 0.230 e. The highest BCUT2D eigenvalue weighted by Crippen LogP contribution is 2.25. The second kappa shape index (κ2) is 3.69. The quantitative estimate of drug-likeness (QED) is 0.660. The molecule has 14 heavy (non-hydrogen) atoms. The highest BCUT2D eigenvalue weighted by molar-refractivity contribution is 5.98. The number of likely N-dealkylation sites (tertiary alicyclic amines) is 1. The van der Waals surface area contributed by atoms with Crippen LogP contribution in [0.3, 0.4) is 0 Å². The van der Waals surface area contributed by atoms with Crippen molar-refractivity contribution in [2.45, 2.75) is 39.2 Å². The zero-order chi connectivity index (χ0) is 10.9. The van der Waals surface area contributed by atoms with E-state index in [1.54, 1.807) is 13.8 Å². The summed E-state index contributed by atoms with van der Waals surface area (Å²) >= 11 is 0. The molecule has 1 N–H and O–H groups in total. The summed E-state index contributed by atoms with van der Waals surface area (Å²) in [5.74, 6) is -0.221. The van der Waals surface area contributed by atoms with Gasteiger partial charge in [0.1, 0.15) is 0 Å². The summed E-state index contributed by atoms with van der Waals surface area (Å²) in [4.78, 5) is 24.4. The molecule has 0 aromatic rings. The van der Waals surface area contributed by atoms with Crippen LogP contribution in [-0.4, -0.2) is 34.0 Å². The van der Waals surface area contributed by atoms with Gasteiger partial charge in [0, 0.05) is 12.8 Å². The molecule has 1 aliphatic heterocycles. The van der Waals surface area contributed by atoms with E-state index in [1.165, 1.54) is 4.90 Å². The van der Waals surface area contributed by atoms with E-state index in [0.29, 0.717) is 12.8 Å². The third kappa shape index (κ3) is 1.95. The van der Waals surface area contributed by atoms with Crippen molar-refractivity contribution in [3.8, 4) is 0 Å². The van der Waals surface area contributed by atoms with E-state index in [2.05, 4.69) is 0 Å². The maximum atomic E-state index is 11.6. The van der Waals surface area contributed by atoms with E-state index < -0.39 is 5.54 Å². The molecule has 1 heterocycles. The first-order chi connectivity index (χ1) is 6.38. The van der Waals surface area contributed by atoms with Crippen molar-refractivity contribution in [3.63, 3.8) is 0 Å². The summed E-state index contributed by atoms with van der Waals surface area (Å²) in [5.41, 5.74) is -0.770. The van der Waals surface area contributed by atoms with Gasteiger partial charge >= 0.3 is 0 Å². The maximum Gasteiger partial charge on any atom is 0.230 e. The van der Waals surface area contributed by atoms with Gasteiger partial charge in [0.05, 0.1) is 12.1 Å². The van der Waals surface area contributed by atoms with E-state index in [0.717, 1.165) is 0 Å². The van der Waals surface area contributed by atoms with Crippen LogP contribution in [0.1, 0.15) is 33.6 Å². The van der Waals surface area contributed by atoms with Crippen molar-refractivity contribution in [2.75, 3.05) is 6.61 Å². The standard InChI is InChI=1S/C10H17NO3/c1-7-4-8(13)11(9(14)5-7)10(2,3)6-12/h7,12H,4-6H2,1-3H3. The zero-order valence-corrected chi connectivity index (χ0v) is 8.91. The Labute approximate surface area is 83.9 Å². The molecule has 4 heteroatoms. The Hall–Kier alpha value is -0.900. The van der Waals surface area contributed by atoms with E-state index in [4.69, 9.17) is 5.11 Å². The number of carbonyl (C=O) groups excluding carboxylic acids is 2. The van der Waals surface area contributed by atoms with Crippen LogP contribution in [0, 0.1) is 5.92 Å². The Balaban J connectivity index is 2.88. The van der Waals surface area contributed by atoms with Crippen LogP contribution in [0.2, 0.25) is 0 Å². The van der Waals surface area contributed by atoms with Gasteiger partial charge in [0.25, 0.3) is 0 Å². The van der Waals surface area contributed by atoms with Gasteiger partial charge in [-0.25, -0.2) is 0 Å². The first-order valence-corrected chi connectivity index (χ1v) is 4.85. The third-order valence-corrected chi connectivity index (χ3v) is 2.54. The lowest BCUT2D eigenvalue weighted by Crippen LogP contribution is -2.56. The average Bonchev–Trinajstić information content (AvgIpc) is 2.01. The molecule has 0 spiro atoms. The molecule has 80 valence electrons.